The number of hydrogen-bond acceptors (Lipinski definition) is 2. The average molecular weight is 344 g/mol. The largest absolute Gasteiger partial charge is 0.387 e. The quantitative estimate of drug-likeness (QED) is 0.526. The third-order valence-electron chi connectivity index (χ3n) is 4.46. The zero-order valence-corrected chi connectivity index (χ0v) is 15.3. The molecule has 1 unspecified atom stereocenters. The number of aliphatic hydroxyl groups is 1. The first kappa shape index (κ1) is 17.9. The number of aryl methyl sites for hydroxylation is 1. The highest BCUT2D eigenvalue weighted by Gasteiger charge is 2.06. The van der Waals surface area contributed by atoms with E-state index in [1.54, 1.807) is 19.2 Å². The predicted octanol–water partition coefficient (Wildman–Crippen LogP) is 5.59. The van der Waals surface area contributed by atoms with E-state index in [0.29, 0.717) is 5.69 Å². The Balaban J connectivity index is 0.000000160. The van der Waals surface area contributed by atoms with Crippen LogP contribution in [-0.2, 0) is 6.54 Å². The molecule has 4 aromatic rings. The first-order valence-corrected chi connectivity index (χ1v) is 8.88. The molecule has 3 nitrogen and oxygen atoms in total. The minimum atomic E-state index is -0.505. The lowest BCUT2D eigenvalue weighted by Gasteiger charge is -2.02. The van der Waals surface area contributed by atoms with Crippen LogP contribution in [0.2, 0.25) is 0 Å². The SMILES string of the molecule is C=Cc1ccnc(C(C)O)c1.CCn1c2ccccc2c2ccccc21. The molecule has 132 valence electrons. The lowest BCUT2D eigenvalue weighted by molar-refractivity contribution is 0.194. The molecule has 1 atom stereocenters. The van der Waals surface area contributed by atoms with E-state index in [-0.39, 0.29) is 0 Å². The zero-order valence-electron chi connectivity index (χ0n) is 15.3. The second-order valence-electron chi connectivity index (χ2n) is 6.17. The Hall–Kier alpha value is -2.91. The second-order valence-corrected chi connectivity index (χ2v) is 6.17. The van der Waals surface area contributed by atoms with E-state index >= 15 is 0 Å². The van der Waals surface area contributed by atoms with Crippen LogP contribution in [0.5, 0.6) is 0 Å². The molecule has 2 aromatic heterocycles. The molecule has 0 radical (unpaired) electrons. The zero-order chi connectivity index (χ0) is 18.5. The van der Waals surface area contributed by atoms with Crippen molar-refractivity contribution in [3.8, 4) is 0 Å². The fourth-order valence-electron chi connectivity index (χ4n) is 3.16. The van der Waals surface area contributed by atoms with Gasteiger partial charge in [-0.3, -0.25) is 4.98 Å². The molecule has 0 aliphatic heterocycles. The molecule has 0 saturated carbocycles. The lowest BCUT2D eigenvalue weighted by Crippen LogP contribution is -1.94. The Morgan fingerprint density at radius 3 is 2.12 bits per heavy atom. The van der Waals surface area contributed by atoms with Crippen LogP contribution in [-0.4, -0.2) is 14.7 Å². The van der Waals surface area contributed by atoms with Crippen LogP contribution < -0.4 is 0 Å². The summed E-state index contributed by atoms with van der Waals surface area (Å²) in [6.45, 7) is 8.53. The maximum absolute atomic E-state index is 9.15. The van der Waals surface area contributed by atoms with Gasteiger partial charge in [0.05, 0.1) is 11.8 Å². The summed E-state index contributed by atoms with van der Waals surface area (Å²) in [7, 11) is 0. The number of fused-ring (bicyclic) bond motifs is 3. The van der Waals surface area contributed by atoms with E-state index in [4.69, 9.17) is 5.11 Å². The van der Waals surface area contributed by atoms with Gasteiger partial charge in [-0.1, -0.05) is 49.1 Å². The summed E-state index contributed by atoms with van der Waals surface area (Å²) in [5.41, 5.74) is 4.33. The van der Waals surface area contributed by atoms with Crippen LogP contribution >= 0.6 is 0 Å². The van der Waals surface area contributed by atoms with E-state index in [0.717, 1.165) is 12.1 Å². The molecule has 0 saturated heterocycles. The van der Waals surface area contributed by atoms with E-state index in [1.165, 1.54) is 21.8 Å². The number of rotatable bonds is 3. The summed E-state index contributed by atoms with van der Waals surface area (Å²) in [5.74, 6) is 0. The molecule has 2 heterocycles. The molecule has 0 aliphatic rings. The monoisotopic (exact) mass is 344 g/mol. The van der Waals surface area contributed by atoms with Crippen molar-refractivity contribution < 1.29 is 5.11 Å². The Labute approximate surface area is 154 Å². The lowest BCUT2D eigenvalue weighted by atomic mass is 10.2. The van der Waals surface area contributed by atoms with Crippen molar-refractivity contribution in [1.82, 2.24) is 9.55 Å². The standard InChI is InChI=1S/C14H13N.C9H11NO/c1-2-15-13-9-5-3-7-11(13)12-8-4-6-10-14(12)15;1-3-8-4-5-10-9(6-8)7(2)11/h3-10H,2H2,1H3;3-7,11H,1H2,2H3. The molecule has 0 bridgehead atoms. The predicted molar refractivity (Wildman–Crippen MR) is 110 cm³/mol. The third-order valence-corrected chi connectivity index (χ3v) is 4.46. The number of aliphatic hydroxyl groups excluding tert-OH is 1. The number of aromatic nitrogens is 2. The van der Waals surface area contributed by atoms with Gasteiger partial charge in [0.2, 0.25) is 0 Å². The summed E-state index contributed by atoms with van der Waals surface area (Å²) in [6.07, 6.45) is 2.89. The summed E-state index contributed by atoms with van der Waals surface area (Å²) in [6, 6.07) is 20.9. The summed E-state index contributed by atoms with van der Waals surface area (Å²) < 4.78 is 2.37. The van der Waals surface area contributed by atoms with Gasteiger partial charge in [-0.2, -0.15) is 0 Å². The molecule has 2 aromatic carbocycles. The van der Waals surface area contributed by atoms with Gasteiger partial charge in [0.15, 0.2) is 0 Å². The van der Waals surface area contributed by atoms with Crippen LogP contribution in [0.25, 0.3) is 27.9 Å². The Morgan fingerprint density at radius 1 is 1.04 bits per heavy atom. The molecular formula is C23H24N2O. The number of benzene rings is 2. The van der Waals surface area contributed by atoms with Gasteiger partial charge in [-0.05, 0) is 43.7 Å². The fraction of sp³-hybridized carbons (Fsp3) is 0.174. The fourth-order valence-corrected chi connectivity index (χ4v) is 3.16. The molecule has 3 heteroatoms. The molecule has 0 spiro atoms. The molecule has 0 aliphatic carbocycles. The van der Waals surface area contributed by atoms with E-state index in [2.05, 4.69) is 71.6 Å². The van der Waals surface area contributed by atoms with Crippen LogP contribution in [0.4, 0.5) is 0 Å². The van der Waals surface area contributed by atoms with Gasteiger partial charge in [0, 0.05) is 34.5 Å². The van der Waals surface area contributed by atoms with Gasteiger partial charge >= 0.3 is 0 Å². The summed E-state index contributed by atoms with van der Waals surface area (Å²) >= 11 is 0. The van der Waals surface area contributed by atoms with Crippen molar-refractivity contribution in [3.05, 3.63) is 84.7 Å². The first-order chi connectivity index (χ1) is 12.7. The number of pyridine rings is 1. The highest BCUT2D eigenvalue weighted by molar-refractivity contribution is 6.07. The highest BCUT2D eigenvalue weighted by Crippen LogP contribution is 2.28. The van der Waals surface area contributed by atoms with Crippen LogP contribution in [0.3, 0.4) is 0 Å². The van der Waals surface area contributed by atoms with Crippen molar-refractivity contribution in [3.63, 3.8) is 0 Å². The van der Waals surface area contributed by atoms with E-state index in [9.17, 15) is 0 Å². The van der Waals surface area contributed by atoms with Crippen molar-refractivity contribution in [2.24, 2.45) is 0 Å². The van der Waals surface area contributed by atoms with Crippen LogP contribution in [0, 0.1) is 0 Å². The number of para-hydroxylation sites is 2. The minimum Gasteiger partial charge on any atom is -0.387 e. The third kappa shape index (κ3) is 3.53. The number of nitrogens with zero attached hydrogens (tertiary/aromatic N) is 2. The Bertz CT molecular complexity index is 977. The van der Waals surface area contributed by atoms with Gasteiger partial charge in [0.1, 0.15) is 0 Å². The van der Waals surface area contributed by atoms with Gasteiger partial charge in [0.25, 0.3) is 0 Å². The van der Waals surface area contributed by atoms with Crippen molar-refractivity contribution >= 4 is 27.9 Å². The Kier molecular flexibility index (Phi) is 5.49. The second kappa shape index (κ2) is 7.98. The minimum absolute atomic E-state index is 0.505. The molecule has 0 amide bonds. The first-order valence-electron chi connectivity index (χ1n) is 8.88. The summed E-state index contributed by atoms with van der Waals surface area (Å²) in [4.78, 5) is 3.99. The van der Waals surface area contributed by atoms with Crippen molar-refractivity contribution in [1.29, 1.82) is 0 Å². The normalized spacial score (nSPS) is 11.8. The number of hydrogen-bond donors (Lipinski definition) is 1. The Morgan fingerprint density at radius 2 is 1.62 bits per heavy atom. The summed E-state index contributed by atoms with van der Waals surface area (Å²) in [5, 5.41) is 11.9. The molecule has 26 heavy (non-hydrogen) atoms. The molecule has 1 N–H and O–H groups in total. The highest BCUT2D eigenvalue weighted by atomic mass is 16.3. The molecule has 0 fully saturated rings. The van der Waals surface area contributed by atoms with Gasteiger partial charge < -0.3 is 9.67 Å². The maximum Gasteiger partial charge on any atom is 0.0931 e. The van der Waals surface area contributed by atoms with E-state index in [1.807, 2.05) is 12.1 Å². The molecular weight excluding hydrogens is 320 g/mol. The van der Waals surface area contributed by atoms with Gasteiger partial charge in [-0.25, -0.2) is 0 Å². The van der Waals surface area contributed by atoms with Crippen molar-refractivity contribution in [2.75, 3.05) is 0 Å². The van der Waals surface area contributed by atoms with E-state index < -0.39 is 6.10 Å². The topological polar surface area (TPSA) is 38.1 Å². The maximum atomic E-state index is 9.15. The smallest absolute Gasteiger partial charge is 0.0931 e. The van der Waals surface area contributed by atoms with Gasteiger partial charge in [-0.15, -0.1) is 0 Å². The average Bonchev–Trinajstić information content (AvgIpc) is 3.02. The molecule has 4 rings (SSSR count). The van der Waals surface area contributed by atoms with Crippen molar-refractivity contribution in [2.45, 2.75) is 26.5 Å². The van der Waals surface area contributed by atoms with Crippen LogP contribution in [0.15, 0.2) is 73.4 Å². The van der Waals surface area contributed by atoms with Crippen LogP contribution in [0.1, 0.15) is 31.2 Å².